The standard InChI is InChI=1S/C8H10I2N2O.ClH/c9-5-1-4(7(12)3-11)2-6(10)8(5)13;/h1-2,7,13H,3,11-12H2;1H/t7-;/m0./s1. The number of hydrogen-bond acceptors (Lipinski definition) is 3. The highest BCUT2D eigenvalue weighted by molar-refractivity contribution is 14.1. The van der Waals surface area contributed by atoms with Crippen LogP contribution in [-0.4, -0.2) is 11.7 Å². The van der Waals surface area contributed by atoms with Crippen molar-refractivity contribution in [3.8, 4) is 5.75 Å². The number of benzene rings is 1. The van der Waals surface area contributed by atoms with Crippen LogP contribution < -0.4 is 11.5 Å². The van der Waals surface area contributed by atoms with Gasteiger partial charge in [-0.05, 0) is 62.9 Å². The molecule has 0 spiro atoms. The van der Waals surface area contributed by atoms with E-state index in [1.54, 1.807) is 0 Å². The summed E-state index contributed by atoms with van der Waals surface area (Å²) in [5, 5.41) is 9.50. The first kappa shape index (κ1) is 14.7. The highest BCUT2D eigenvalue weighted by atomic mass is 127. The largest absolute Gasteiger partial charge is 0.506 e. The van der Waals surface area contributed by atoms with E-state index in [9.17, 15) is 5.11 Å². The second-order valence-corrected chi connectivity index (χ2v) is 5.00. The maximum atomic E-state index is 9.50. The highest BCUT2D eigenvalue weighted by Gasteiger charge is 2.09. The molecule has 0 unspecified atom stereocenters. The van der Waals surface area contributed by atoms with Gasteiger partial charge in [-0.3, -0.25) is 0 Å². The molecule has 80 valence electrons. The molecule has 14 heavy (non-hydrogen) atoms. The molecule has 1 aromatic rings. The SMILES string of the molecule is Cl.NC[C@H](N)c1cc(I)c(O)c(I)c1. The second kappa shape index (κ2) is 6.31. The van der Waals surface area contributed by atoms with Gasteiger partial charge < -0.3 is 16.6 Å². The lowest BCUT2D eigenvalue weighted by molar-refractivity contribution is 0.467. The predicted octanol–water partition coefficient (Wildman–Crippen LogP) is 1.98. The van der Waals surface area contributed by atoms with Crippen molar-refractivity contribution in [3.63, 3.8) is 0 Å². The lowest BCUT2D eigenvalue weighted by Crippen LogP contribution is -2.20. The Morgan fingerprint density at radius 3 is 2.07 bits per heavy atom. The van der Waals surface area contributed by atoms with Gasteiger partial charge in [-0.1, -0.05) is 0 Å². The van der Waals surface area contributed by atoms with Gasteiger partial charge in [-0.15, -0.1) is 12.4 Å². The fourth-order valence-electron chi connectivity index (χ4n) is 0.935. The number of halogens is 3. The number of nitrogens with two attached hydrogens (primary N) is 2. The van der Waals surface area contributed by atoms with Crippen LogP contribution in [0, 0.1) is 7.14 Å². The minimum atomic E-state index is -0.150. The van der Waals surface area contributed by atoms with Gasteiger partial charge in [0.1, 0.15) is 5.75 Å². The van der Waals surface area contributed by atoms with Crippen molar-refractivity contribution in [1.29, 1.82) is 0 Å². The number of rotatable bonds is 2. The van der Waals surface area contributed by atoms with E-state index in [1.807, 2.05) is 12.1 Å². The van der Waals surface area contributed by atoms with Crippen LogP contribution in [0.3, 0.4) is 0 Å². The van der Waals surface area contributed by atoms with E-state index in [2.05, 4.69) is 45.2 Å². The van der Waals surface area contributed by atoms with E-state index >= 15 is 0 Å². The molecule has 0 saturated carbocycles. The van der Waals surface area contributed by atoms with E-state index in [0.717, 1.165) is 12.7 Å². The topological polar surface area (TPSA) is 72.3 Å². The average Bonchev–Trinajstić information content (AvgIpc) is 2.12. The normalized spacial score (nSPS) is 12.0. The Bertz CT molecular complexity index is 299. The molecule has 0 aliphatic rings. The van der Waals surface area contributed by atoms with Crippen LogP contribution in [0.15, 0.2) is 12.1 Å². The van der Waals surface area contributed by atoms with Crippen LogP contribution in [0.25, 0.3) is 0 Å². The van der Waals surface area contributed by atoms with Gasteiger partial charge in [0.15, 0.2) is 0 Å². The Morgan fingerprint density at radius 2 is 1.71 bits per heavy atom. The molecule has 0 heterocycles. The fraction of sp³-hybridized carbons (Fsp3) is 0.250. The van der Waals surface area contributed by atoms with Crippen molar-refractivity contribution in [2.45, 2.75) is 6.04 Å². The van der Waals surface area contributed by atoms with Gasteiger partial charge in [-0.25, -0.2) is 0 Å². The zero-order chi connectivity index (χ0) is 10.0. The summed E-state index contributed by atoms with van der Waals surface area (Å²) in [6.07, 6.45) is 0. The molecule has 0 fully saturated rings. The summed E-state index contributed by atoms with van der Waals surface area (Å²) >= 11 is 4.15. The van der Waals surface area contributed by atoms with Crippen molar-refractivity contribution in [1.82, 2.24) is 0 Å². The zero-order valence-electron chi connectivity index (χ0n) is 7.21. The predicted molar refractivity (Wildman–Crippen MR) is 76.8 cm³/mol. The molecule has 0 bridgehead atoms. The minimum Gasteiger partial charge on any atom is -0.506 e. The first-order chi connectivity index (χ1) is 6.06. The second-order valence-electron chi connectivity index (χ2n) is 2.68. The van der Waals surface area contributed by atoms with Crippen LogP contribution in [0.4, 0.5) is 0 Å². The minimum absolute atomic E-state index is 0. The van der Waals surface area contributed by atoms with Crippen LogP contribution >= 0.6 is 57.6 Å². The molecule has 1 rings (SSSR count). The lowest BCUT2D eigenvalue weighted by Gasteiger charge is -2.11. The van der Waals surface area contributed by atoms with E-state index < -0.39 is 0 Å². The third kappa shape index (κ3) is 3.37. The lowest BCUT2D eigenvalue weighted by atomic mass is 10.1. The van der Waals surface area contributed by atoms with E-state index in [-0.39, 0.29) is 18.4 Å². The summed E-state index contributed by atoms with van der Waals surface area (Å²) in [6.45, 7) is 0.414. The van der Waals surface area contributed by atoms with Gasteiger partial charge in [-0.2, -0.15) is 0 Å². The van der Waals surface area contributed by atoms with E-state index in [1.165, 1.54) is 0 Å². The van der Waals surface area contributed by atoms with Crippen molar-refractivity contribution in [2.75, 3.05) is 6.54 Å². The van der Waals surface area contributed by atoms with Gasteiger partial charge in [0.25, 0.3) is 0 Å². The molecule has 0 radical (unpaired) electrons. The Hall–Kier alpha value is 0.690. The summed E-state index contributed by atoms with van der Waals surface area (Å²) in [6, 6.07) is 3.56. The molecule has 0 aliphatic carbocycles. The molecule has 0 aliphatic heterocycles. The highest BCUT2D eigenvalue weighted by Crippen LogP contribution is 2.28. The van der Waals surface area contributed by atoms with Crippen LogP contribution in [0.1, 0.15) is 11.6 Å². The summed E-state index contributed by atoms with van der Waals surface area (Å²) in [5.41, 5.74) is 12.2. The maximum Gasteiger partial charge on any atom is 0.142 e. The molecular formula is C8H11ClI2N2O. The van der Waals surface area contributed by atoms with Crippen LogP contribution in [0.5, 0.6) is 5.75 Å². The van der Waals surface area contributed by atoms with Crippen LogP contribution in [0.2, 0.25) is 0 Å². The van der Waals surface area contributed by atoms with Gasteiger partial charge in [0.2, 0.25) is 0 Å². The number of phenolic OH excluding ortho intramolecular Hbond substituents is 1. The first-order valence-electron chi connectivity index (χ1n) is 3.69. The molecule has 5 N–H and O–H groups in total. The van der Waals surface area contributed by atoms with Crippen molar-refractivity contribution in [2.24, 2.45) is 11.5 Å². The number of phenols is 1. The number of aromatic hydroxyl groups is 1. The molecular weight excluding hydrogens is 429 g/mol. The molecule has 3 nitrogen and oxygen atoms in total. The molecule has 0 amide bonds. The van der Waals surface area contributed by atoms with Crippen LogP contribution in [-0.2, 0) is 0 Å². The fourth-order valence-corrected chi connectivity index (χ4v) is 2.75. The van der Waals surface area contributed by atoms with Gasteiger partial charge in [0, 0.05) is 12.6 Å². The molecule has 1 aromatic carbocycles. The van der Waals surface area contributed by atoms with E-state index in [0.29, 0.717) is 12.3 Å². The Balaban J connectivity index is 0.00000169. The van der Waals surface area contributed by atoms with Crippen molar-refractivity contribution >= 4 is 57.6 Å². The third-order valence-electron chi connectivity index (χ3n) is 1.72. The van der Waals surface area contributed by atoms with Gasteiger partial charge >= 0.3 is 0 Å². The van der Waals surface area contributed by atoms with E-state index in [4.69, 9.17) is 11.5 Å². The summed E-state index contributed by atoms with van der Waals surface area (Å²) in [5.74, 6) is 0.314. The molecule has 0 saturated heterocycles. The maximum absolute atomic E-state index is 9.50. The van der Waals surface area contributed by atoms with Gasteiger partial charge in [0.05, 0.1) is 7.14 Å². The Labute approximate surface area is 116 Å². The average molecular weight is 440 g/mol. The Morgan fingerprint density at radius 1 is 1.29 bits per heavy atom. The monoisotopic (exact) mass is 440 g/mol. The molecule has 0 aromatic heterocycles. The number of hydrogen-bond donors (Lipinski definition) is 3. The summed E-state index contributed by atoms with van der Waals surface area (Å²) in [7, 11) is 0. The Kier molecular flexibility index (Phi) is 6.62. The molecule has 6 heteroatoms. The van der Waals surface area contributed by atoms with Crippen molar-refractivity contribution < 1.29 is 5.11 Å². The summed E-state index contributed by atoms with van der Waals surface area (Å²) in [4.78, 5) is 0. The zero-order valence-corrected chi connectivity index (χ0v) is 12.3. The summed E-state index contributed by atoms with van der Waals surface area (Å²) < 4.78 is 1.62. The molecule has 1 atom stereocenters. The third-order valence-corrected chi connectivity index (χ3v) is 3.37. The van der Waals surface area contributed by atoms with Crippen molar-refractivity contribution in [3.05, 3.63) is 24.8 Å². The smallest absolute Gasteiger partial charge is 0.142 e. The first-order valence-corrected chi connectivity index (χ1v) is 5.85. The quantitative estimate of drug-likeness (QED) is 0.616.